The number of carboxylic acid groups (broad SMARTS) is 1. The van der Waals surface area contributed by atoms with Gasteiger partial charge in [-0.15, -0.1) is 5.01 Å². The number of hydrazine groups is 1. The van der Waals surface area contributed by atoms with Gasteiger partial charge >= 0.3 is 12.1 Å². The zero-order valence-corrected chi connectivity index (χ0v) is 14.3. The Balaban J connectivity index is 4.68. The Morgan fingerprint density at radius 3 is 2.26 bits per heavy atom. The quantitative estimate of drug-likeness (QED) is 0.223. The maximum absolute atomic E-state index is 11.8. The number of carbonyl (C=O) groups excluding carboxylic acids is 1. The lowest BCUT2D eigenvalue weighted by molar-refractivity contribution is -0.713. The number of carboxylic acids is 1. The van der Waals surface area contributed by atoms with E-state index in [4.69, 9.17) is 14.3 Å². The van der Waals surface area contributed by atoms with E-state index >= 15 is 0 Å². The van der Waals surface area contributed by atoms with E-state index in [-0.39, 0.29) is 17.0 Å². The Hall–Kier alpha value is -2.26. The molecule has 0 saturated carbocycles. The summed E-state index contributed by atoms with van der Waals surface area (Å²) in [5.41, 5.74) is 0. The summed E-state index contributed by atoms with van der Waals surface area (Å²) in [5.74, 6) is -1.43. The van der Waals surface area contributed by atoms with Crippen LogP contribution in [-0.4, -0.2) is 52.7 Å². The fourth-order valence-electron chi connectivity index (χ4n) is 1.64. The summed E-state index contributed by atoms with van der Waals surface area (Å²) in [6.45, 7) is 8.15. The van der Waals surface area contributed by atoms with Crippen LogP contribution in [0.15, 0.2) is 5.28 Å². The first-order valence-electron chi connectivity index (χ1n) is 7.26. The molecule has 10 heteroatoms. The zero-order chi connectivity index (χ0) is 18.2. The van der Waals surface area contributed by atoms with E-state index in [0.29, 0.717) is 6.42 Å². The van der Waals surface area contributed by atoms with Crippen LogP contribution >= 0.6 is 0 Å². The van der Waals surface area contributed by atoms with Gasteiger partial charge in [0.05, 0.1) is 18.1 Å². The van der Waals surface area contributed by atoms with Crippen molar-refractivity contribution in [2.45, 2.75) is 59.5 Å². The molecule has 1 N–H and O–H groups in total. The largest absolute Gasteiger partial charge is 0.569 e. The third kappa shape index (κ3) is 7.52. The molecule has 0 aromatic carbocycles. The minimum Gasteiger partial charge on any atom is -0.569 e. The van der Waals surface area contributed by atoms with Crippen LogP contribution in [0.3, 0.4) is 0 Å². The SMILES string of the molecule is CC[C@@H](C)[C@@H](C(=O)O)N(C)[N+]([O-])=NOC(C)OC(=O)OC(C)C. The molecule has 3 atom stereocenters. The van der Waals surface area contributed by atoms with Crippen LogP contribution in [0.25, 0.3) is 0 Å². The van der Waals surface area contributed by atoms with E-state index in [1.807, 2.05) is 6.92 Å². The summed E-state index contributed by atoms with van der Waals surface area (Å²) < 4.78 is 9.42. The molecule has 0 spiro atoms. The third-order valence-electron chi connectivity index (χ3n) is 2.97. The first-order chi connectivity index (χ1) is 10.6. The second kappa shape index (κ2) is 9.70. The molecular weight excluding hydrogens is 310 g/mol. The number of aliphatic carboxylic acids is 1. The van der Waals surface area contributed by atoms with Gasteiger partial charge in [-0.2, -0.15) is 0 Å². The Kier molecular flexibility index (Phi) is 8.74. The Labute approximate surface area is 135 Å². The van der Waals surface area contributed by atoms with Gasteiger partial charge in [-0.3, -0.25) is 4.84 Å². The minimum absolute atomic E-state index is 0.00140. The smallest absolute Gasteiger partial charge is 0.511 e. The Morgan fingerprint density at radius 2 is 1.83 bits per heavy atom. The molecule has 134 valence electrons. The van der Waals surface area contributed by atoms with Crippen molar-refractivity contribution in [2.75, 3.05) is 7.05 Å². The van der Waals surface area contributed by atoms with Gasteiger partial charge in [0, 0.05) is 6.92 Å². The van der Waals surface area contributed by atoms with Crippen molar-refractivity contribution in [3.05, 3.63) is 5.21 Å². The van der Waals surface area contributed by atoms with Crippen molar-refractivity contribution in [2.24, 2.45) is 11.2 Å². The molecule has 0 aliphatic rings. The summed E-state index contributed by atoms with van der Waals surface area (Å²) in [6, 6.07) is -1.06. The molecule has 0 saturated heterocycles. The summed E-state index contributed by atoms with van der Waals surface area (Å²) in [7, 11) is 1.28. The molecule has 23 heavy (non-hydrogen) atoms. The van der Waals surface area contributed by atoms with Gasteiger partial charge in [0.2, 0.25) is 5.28 Å². The van der Waals surface area contributed by atoms with E-state index in [0.717, 1.165) is 5.01 Å². The molecular formula is C13H25N3O7. The lowest BCUT2D eigenvalue weighted by atomic mass is 9.99. The van der Waals surface area contributed by atoms with Crippen LogP contribution in [0.4, 0.5) is 4.79 Å². The molecule has 0 amide bonds. The molecule has 10 nitrogen and oxygen atoms in total. The van der Waals surface area contributed by atoms with Crippen LogP contribution < -0.4 is 0 Å². The van der Waals surface area contributed by atoms with Gasteiger partial charge in [-0.25, -0.2) is 9.59 Å². The maximum atomic E-state index is 11.8. The number of likely N-dealkylation sites (N-methyl/N-ethyl adjacent to an activating group) is 1. The number of carbonyl (C=O) groups is 2. The van der Waals surface area contributed by atoms with Crippen LogP contribution in [0.2, 0.25) is 0 Å². The molecule has 0 heterocycles. The van der Waals surface area contributed by atoms with Crippen molar-refractivity contribution >= 4 is 12.1 Å². The number of hydrogen-bond acceptors (Lipinski definition) is 7. The monoisotopic (exact) mass is 335 g/mol. The first kappa shape index (κ1) is 20.7. The zero-order valence-electron chi connectivity index (χ0n) is 14.3. The number of ether oxygens (including phenoxy) is 2. The fraction of sp³-hybridized carbons (Fsp3) is 0.846. The van der Waals surface area contributed by atoms with Crippen LogP contribution in [0.5, 0.6) is 0 Å². The van der Waals surface area contributed by atoms with Crippen LogP contribution in [0, 0.1) is 11.1 Å². The second-order valence-electron chi connectivity index (χ2n) is 5.28. The molecule has 0 aliphatic carbocycles. The first-order valence-corrected chi connectivity index (χ1v) is 7.26. The van der Waals surface area contributed by atoms with Crippen molar-refractivity contribution in [3.63, 3.8) is 0 Å². The lowest BCUT2D eigenvalue weighted by Gasteiger charge is -2.24. The molecule has 1 unspecified atom stereocenters. The predicted octanol–water partition coefficient (Wildman–Crippen LogP) is 2.13. The molecule has 0 aliphatic heterocycles. The van der Waals surface area contributed by atoms with E-state index in [1.54, 1.807) is 20.8 Å². The normalized spacial score (nSPS) is 15.5. The maximum Gasteiger partial charge on any atom is 0.511 e. The average molecular weight is 335 g/mol. The van der Waals surface area contributed by atoms with Gasteiger partial charge < -0.3 is 19.8 Å². The Morgan fingerprint density at radius 1 is 1.26 bits per heavy atom. The van der Waals surface area contributed by atoms with E-state index in [2.05, 4.69) is 5.28 Å². The molecule has 0 bridgehead atoms. The van der Waals surface area contributed by atoms with Crippen molar-refractivity contribution in [3.8, 4) is 0 Å². The van der Waals surface area contributed by atoms with Crippen molar-refractivity contribution < 1.29 is 34.0 Å². The highest BCUT2D eigenvalue weighted by Gasteiger charge is 2.33. The second-order valence-corrected chi connectivity index (χ2v) is 5.28. The minimum atomic E-state index is -1.17. The molecule has 0 aromatic rings. The van der Waals surface area contributed by atoms with Crippen molar-refractivity contribution in [1.29, 1.82) is 0 Å². The Bertz CT molecular complexity index is 428. The number of nitrogens with zero attached hydrogens (tertiary/aromatic N) is 3. The van der Waals surface area contributed by atoms with Gasteiger partial charge in [-0.05, 0) is 19.8 Å². The predicted molar refractivity (Wildman–Crippen MR) is 77.9 cm³/mol. The highest BCUT2D eigenvalue weighted by molar-refractivity contribution is 5.73. The molecule has 0 fully saturated rings. The van der Waals surface area contributed by atoms with Crippen molar-refractivity contribution in [1.82, 2.24) is 5.01 Å². The summed E-state index contributed by atoms with van der Waals surface area (Å²) in [5, 5.41) is 25.1. The van der Waals surface area contributed by atoms with Crippen LogP contribution in [-0.2, 0) is 19.1 Å². The van der Waals surface area contributed by atoms with E-state index in [9.17, 15) is 19.9 Å². The molecule has 0 radical (unpaired) electrons. The topological polar surface area (TPSA) is 124 Å². The van der Waals surface area contributed by atoms with E-state index < -0.39 is 24.5 Å². The number of hydrogen-bond donors (Lipinski definition) is 1. The number of rotatable bonds is 9. The fourth-order valence-corrected chi connectivity index (χ4v) is 1.64. The summed E-state index contributed by atoms with van der Waals surface area (Å²) in [4.78, 5) is 27.2. The average Bonchev–Trinajstić information content (AvgIpc) is 2.42. The van der Waals surface area contributed by atoms with Gasteiger partial charge in [0.15, 0.2) is 6.04 Å². The third-order valence-corrected chi connectivity index (χ3v) is 2.97. The lowest BCUT2D eigenvalue weighted by Crippen LogP contribution is -2.46. The van der Waals surface area contributed by atoms with Gasteiger partial charge in [-0.1, -0.05) is 20.3 Å². The molecule has 0 aromatic heterocycles. The summed E-state index contributed by atoms with van der Waals surface area (Å²) in [6.07, 6.45) is -1.92. The molecule has 0 rings (SSSR count). The van der Waals surface area contributed by atoms with E-state index in [1.165, 1.54) is 14.0 Å². The standard InChI is InChI=1S/C13H25N3O7/c1-7-9(4)11(12(17)18)15(6)16(20)14-23-10(5)22-13(19)21-8(2)3/h8-11H,7H2,1-6H3,(H,17,18)/t9-,10?,11+/m1/s1. The van der Waals surface area contributed by atoms with Gasteiger partial charge in [0.25, 0.3) is 6.29 Å². The highest BCUT2D eigenvalue weighted by Crippen LogP contribution is 2.14. The highest BCUT2D eigenvalue weighted by atomic mass is 16.8. The summed E-state index contributed by atoms with van der Waals surface area (Å²) >= 11 is 0. The van der Waals surface area contributed by atoms with Crippen LogP contribution in [0.1, 0.15) is 41.0 Å². The van der Waals surface area contributed by atoms with Gasteiger partial charge in [0.1, 0.15) is 0 Å².